The molecule has 24 heavy (non-hydrogen) atoms. The third-order valence-electron chi connectivity index (χ3n) is 4.06. The van der Waals surface area contributed by atoms with Crippen molar-refractivity contribution in [3.05, 3.63) is 77.3 Å². The van der Waals surface area contributed by atoms with Crippen molar-refractivity contribution in [1.29, 1.82) is 0 Å². The molecule has 1 heterocycles. The first-order valence-corrected chi connectivity index (χ1v) is 9.63. The summed E-state index contributed by atoms with van der Waals surface area (Å²) in [5, 5.41) is 0.0849. The van der Waals surface area contributed by atoms with Crippen LogP contribution in [0, 0.1) is 5.82 Å². The van der Waals surface area contributed by atoms with Crippen molar-refractivity contribution in [3.63, 3.8) is 0 Å². The zero-order valence-electron chi connectivity index (χ0n) is 13.4. The molecule has 0 unspecified atom stereocenters. The van der Waals surface area contributed by atoms with Crippen molar-refractivity contribution in [2.24, 2.45) is 0 Å². The van der Waals surface area contributed by atoms with E-state index in [1.54, 1.807) is 30.5 Å². The second kappa shape index (κ2) is 6.69. The van der Waals surface area contributed by atoms with Crippen LogP contribution in [0.15, 0.2) is 65.3 Å². The molecule has 0 saturated heterocycles. The lowest BCUT2D eigenvalue weighted by Gasteiger charge is -2.10. The van der Waals surface area contributed by atoms with E-state index in [4.69, 9.17) is 0 Å². The van der Waals surface area contributed by atoms with E-state index in [1.165, 1.54) is 17.7 Å². The van der Waals surface area contributed by atoms with Gasteiger partial charge >= 0.3 is 0 Å². The number of aromatic nitrogens is 1. The average Bonchev–Trinajstić information content (AvgIpc) is 3.02. The van der Waals surface area contributed by atoms with Crippen molar-refractivity contribution in [2.75, 3.05) is 6.26 Å². The van der Waals surface area contributed by atoms with Crippen LogP contribution >= 0.6 is 0 Å². The van der Waals surface area contributed by atoms with Gasteiger partial charge in [0.2, 0.25) is 0 Å². The van der Waals surface area contributed by atoms with E-state index in [9.17, 15) is 12.8 Å². The highest BCUT2D eigenvalue weighted by atomic mass is 32.2. The molecule has 3 nitrogen and oxygen atoms in total. The number of aryl methyl sites for hydroxylation is 1. The fourth-order valence-corrected chi connectivity index (χ4v) is 3.35. The van der Waals surface area contributed by atoms with Crippen molar-refractivity contribution in [3.8, 4) is 0 Å². The molecule has 0 spiro atoms. The number of sulfone groups is 1. The number of pyridine rings is 1. The molecule has 1 aromatic carbocycles. The van der Waals surface area contributed by atoms with Gasteiger partial charge in [-0.05, 0) is 60.2 Å². The molecule has 0 radical (unpaired) electrons. The number of nitrogens with zero attached hydrogens (tertiary/aromatic N) is 1. The Morgan fingerprint density at radius 3 is 2.42 bits per heavy atom. The predicted molar refractivity (Wildman–Crippen MR) is 92.7 cm³/mol. The Kier molecular flexibility index (Phi) is 4.62. The van der Waals surface area contributed by atoms with E-state index in [0.717, 1.165) is 42.2 Å². The van der Waals surface area contributed by atoms with Gasteiger partial charge in [-0.1, -0.05) is 24.3 Å². The molecule has 5 heteroatoms. The molecule has 0 bridgehead atoms. The number of halogens is 1. The lowest BCUT2D eigenvalue weighted by Crippen LogP contribution is -2.01. The molecule has 0 saturated carbocycles. The van der Waals surface area contributed by atoms with E-state index in [2.05, 4.69) is 17.1 Å². The molecule has 2 aromatic rings. The van der Waals surface area contributed by atoms with Crippen LogP contribution in [0.3, 0.4) is 0 Å². The molecule has 124 valence electrons. The van der Waals surface area contributed by atoms with E-state index < -0.39 is 9.84 Å². The minimum atomic E-state index is -3.28. The summed E-state index contributed by atoms with van der Waals surface area (Å²) in [6, 6.07) is 9.90. The van der Waals surface area contributed by atoms with Crippen LogP contribution in [0.2, 0.25) is 0 Å². The summed E-state index contributed by atoms with van der Waals surface area (Å²) in [7, 11) is -3.28. The quantitative estimate of drug-likeness (QED) is 0.825. The van der Waals surface area contributed by atoms with Gasteiger partial charge in [-0.3, -0.25) is 0 Å². The first-order valence-electron chi connectivity index (χ1n) is 7.74. The first-order chi connectivity index (χ1) is 11.4. The van der Waals surface area contributed by atoms with Crippen LogP contribution in [-0.2, 0) is 16.3 Å². The highest BCUT2D eigenvalue weighted by molar-refractivity contribution is 7.90. The van der Waals surface area contributed by atoms with Crippen LogP contribution in [0.25, 0.3) is 5.57 Å². The predicted octanol–water partition coefficient (Wildman–Crippen LogP) is 3.97. The fourth-order valence-electron chi connectivity index (χ4n) is 2.79. The monoisotopic (exact) mass is 343 g/mol. The van der Waals surface area contributed by atoms with Gasteiger partial charge in [0.25, 0.3) is 0 Å². The molecule has 0 fully saturated rings. The lowest BCUT2D eigenvalue weighted by atomic mass is 9.96. The Labute approximate surface area is 141 Å². The second-order valence-corrected chi connectivity index (χ2v) is 7.83. The van der Waals surface area contributed by atoms with Crippen LogP contribution < -0.4 is 0 Å². The second-order valence-electron chi connectivity index (χ2n) is 5.87. The molecular weight excluding hydrogens is 325 g/mol. The molecule has 1 aliphatic carbocycles. The minimum Gasteiger partial charge on any atom is -0.244 e. The summed E-state index contributed by atoms with van der Waals surface area (Å²) >= 11 is 0. The maximum Gasteiger partial charge on any atom is 0.192 e. The third kappa shape index (κ3) is 3.79. The van der Waals surface area contributed by atoms with Gasteiger partial charge in [0, 0.05) is 18.0 Å². The molecule has 0 atom stereocenters. The smallest absolute Gasteiger partial charge is 0.192 e. The van der Waals surface area contributed by atoms with Gasteiger partial charge in [-0.25, -0.2) is 17.8 Å². The van der Waals surface area contributed by atoms with Crippen LogP contribution in [0.5, 0.6) is 0 Å². The van der Waals surface area contributed by atoms with Gasteiger partial charge in [0.15, 0.2) is 14.9 Å². The Morgan fingerprint density at radius 2 is 1.79 bits per heavy atom. The number of rotatable bonds is 5. The van der Waals surface area contributed by atoms with Gasteiger partial charge in [-0.2, -0.15) is 0 Å². The summed E-state index contributed by atoms with van der Waals surface area (Å²) < 4.78 is 36.0. The van der Waals surface area contributed by atoms with Gasteiger partial charge in [0.05, 0.1) is 0 Å². The molecule has 0 amide bonds. The zero-order valence-corrected chi connectivity index (χ0v) is 14.2. The van der Waals surface area contributed by atoms with E-state index in [1.807, 2.05) is 0 Å². The summed E-state index contributed by atoms with van der Waals surface area (Å²) in [5.41, 5.74) is 4.33. The number of hydrogen-bond donors (Lipinski definition) is 0. The highest BCUT2D eigenvalue weighted by Gasteiger charge is 2.14. The zero-order chi connectivity index (χ0) is 17.2. The van der Waals surface area contributed by atoms with Gasteiger partial charge in [-0.15, -0.1) is 0 Å². The summed E-state index contributed by atoms with van der Waals surface area (Å²) in [6.07, 6.45) is 9.60. The Morgan fingerprint density at radius 1 is 1.04 bits per heavy atom. The van der Waals surface area contributed by atoms with Crippen molar-refractivity contribution in [1.82, 2.24) is 4.98 Å². The Bertz CT molecular complexity index is 895. The number of hydrogen-bond acceptors (Lipinski definition) is 3. The molecule has 0 N–H and O–H groups in total. The molecule has 1 aliphatic rings. The minimum absolute atomic E-state index is 0.0849. The van der Waals surface area contributed by atoms with Crippen molar-refractivity contribution < 1.29 is 12.8 Å². The largest absolute Gasteiger partial charge is 0.244 e. The number of benzene rings is 1. The van der Waals surface area contributed by atoms with Crippen molar-refractivity contribution >= 4 is 15.4 Å². The number of allylic oxidation sites excluding steroid dienone is 4. The van der Waals surface area contributed by atoms with E-state index in [-0.39, 0.29) is 10.8 Å². The topological polar surface area (TPSA) is 47.0 Å². The highest BCUT2D eigenvalue weighted by Crippen LogP contribution is 2.32. The summed E-state index contributed by atoms with van der Waals surface area (Å²) in [4.78, 5) is 4.06. The molecular formula is C19H18FNO2S. The third-order valence-corrected chi connectivity index (χ3v) is 5.06. The Balaban J connectivity index is 1.72. The molecule has 1 aromatic heterocycles. The summed E-state index contributed by atoms with van der Waals surface area (Å²) in [5.74, 6) is -0.226. The molecule has 0 aliphatic heterocycles. The Hall–Kier alpha value is -2.27. The fraction of sp³-hybridized carbons (Fsp3) is 0.211. The van der Waals surface area contributed by atoms with Crippen molar-refractivity contribution in [2.45, 2.75) is 24.3 Å². The standard InChI is InChI=1S/C19H18FNO2S/c1-24(22,23)19-12-9-16(13-21-19)18-4-2-3-15(18)8-5-14-6-10-17(20)11-7-14/h3-4,6-7,9-13H,2,5,8H2,1H3. The van der Waals surface area contributed by atoms with Gasteiger partial charge in [0.1, 0.15) is 5.82 Å². The normalized spacial score (nSPS) is 14.4. The first kappa shape index (κ1) is 16.6. The average molecular weight is 343 g/mol. The van der Waals surface area contributed by atoms with Crippen LogP contribution in [0.1, 0.15) is 24.0 Å². The van der Waals surface area contributed by atoms with Crippen LogP contribution in [-0.4, -0.2) is 19.7 Å². The maximum atomic E-state index is 13.0. The lowest BCUT2D eigenvalue weighted by molar-refractivity contribution is 0.598. The maximum absolute atomic E-state index is 13.0. The van der Waals surface area contributed by atoms with E-state index in [0.29, 0.717) is 0 Å². The summed E-state index contributed by atoms with van der Waals surface area (Å²) in [6.45, 7) is 0. The molecule has 3 rings (SSSR count). The van der Waals surface area contributed by atoms with Crippen LogP contribution in [0.4, 0.5) is 4.39 Å². The van der Waals surface area contributed by atoms with Gasteiger partial charge < -0.3 is 0 Å². The van der Waals surface area contributed by atoms with E-state index >= 15 is 0 Å². The SMILES string of the molecule is CS(=O)(=O)c1ccc(C2=CCC=C2CCc2ccc(F)cc2)cn1.